The second-order valence-electron chi connectivity index (χ2n) is 8.51. The van der Waals surface area contributed by atoms with Crippen molar-refractivity contribution in [2.24, 2.45) is 5.92 Å². The van der Waals surface area contributed by atoms with Crippen LogP contribution >= 0.6 is 23.1 Å². The van der Waals surface area contributed by atoms with Gasteiger partial charge in [-0.05, 0) is 47.4 Å². The maximum absolute atomic E-state index is 13.0. The van der Waals surface area contributed by atoms with Gasteiger partial charge < -0.3 is 5.32 Å². The van der Waals surface area contributed by atoms with Crippen molar-refractivity contribution in [3.05, 3.63) is 51.6 Å². The SMILES string of the molecule is CC(C)CCn1c(=O)c2sccc2n2c(SCC(=O)Nc3ccc(C(C)C)cc3)nnc12. The largest absolute Gasteiger partial charge is 0.325 e. The van der Waals surface area contributed by atoms with Crippen LogP contribution in [-0.2, 0) is 11.3 Å². The molecule has 3 aromatic heterocycles. The molecular weight excluding hydrogens is 442 g/mol. The summed E-state index contributed by atoms with van der Waals surface area (Å²) in [5, 5.41) is 14.0. The summed E-state index contributed by atoms with van der Waals surface area (Å²) < 4.78 is 4.27. The molecule has 0 atom stereocenters. The lowest BCUT2D eigenvalue weighted by molar-refractivity contribution is -0.113. The number of nitrogens with zero attached hydrogens (tertiary/aromatic N) is 4. The second kappa shape index (κ2) is 9.46. The van der Waals surface area contributed by atoms with Crippen LogP contribution in [0.2, 0.25) is 0 Å². The van der Waals surface area contributed by atoms with Crippen molar-refractivity contribution in [1.29, 1.82) is 0 Å². The van der Waals surface area contributed by atoms with Crippen molar-refractivity contribution >= 4 is 50.7 Å². The highest BCUT2D eigenvalue weighted by atomic mass is 32.2. The van der Waals surface area contributed by atoms with E-state index in [9.17, 15) is 9.59 Å². The molecule has 1 N–H and O–H groups in total. The first kappa shape index (κ1) is 22.5. The van der Waals surface area contributed by atoms with Crippen LogP contribution in [0.5, 0.6) is 0 Å². The molecule has 0 bridgehead atoms. The minimum Gasteiger partial charge on any atom is -0.325 e. The van der Waals surface area contributed by atoms with Gasteiger partial charge in [0.1, 0.15) is 4.70 Å². The van der Waals surface area contributed by atoms with E-state index in [0.29, 0.717) is 34.0 Å². The molecule has 4 rings (SSSR count). The van der Waals surface area contributed by atoms with E-state index in [1.807, 2.05) is 40.1 Å². The highest BCUT2D eigenvalue weighted by molar-refractivity contribution is 7.99. The minimum atomic E-state index is -0.112. The average Bonchev–Trinajstić information content (AvgIpc) is 3.39. The van der Waals surface area contributed by atoms with E-state index in [1.54, 1.807) is 4.57 Å². The first-order valence-corrected chi connectivity index (χ1v) is 12.6. The van der Waals surface area contributed by atoms with Crippen molar-refractivity contribution < 1.29 is 4.79 Å². The second-order valence-corrected chi connectivity index (χ2v) is 10.4. The molecule has 0 spiro atoms. The zero-order valence-corrected chi connectivity index (χ0v) is 20.3. The van der Waals surface area contributed by atoms with Crippen LogP contribution in [0.4, 0.5) is 5.69 Å². The molecule has 1 amide bonds. The van der Waals surface area contributed by atoms with Crippen LogP contribution in [0.25, 0.3) is 16.0 Å². The highest BCUT2D eigenvalue weighted by Gasteiger charge is 2.18. The number of thioether (sulfide) groups is 1. The zero-order chi connectivity index (χ0) is 22.8. The van der Waals surface area contributed by atoms with Crippen molar-refractivity contribution in [2.75, 3.05) is 11.1 Å². The fourth-order valence-corrected chi connectivity index (χ4v) is 5.02. The lowest BCUT2D eigenvalue weighted by Gasteiger charge is -2.11. The number of nitrogens with one attached hydrogen (secondary N) is 1. The molecular formula is C23H27N5O2S2. The Balaban J connectivity index is 1.56. The van der Waals surface area contributed by atoms with Crippen molar-refractivity contribution in [3.8, 4) is 0 Å². The van der Waals surface area contributed by atoms with Gasteiger partial charge >= 0.3 is 0 Å². The molecule has 0 unspecified atom stereocenters. The van der Waals surface area contributed by atoms with Crippen LogP contribution in [0.15, 0.2) is 45.7 Å². The molecule has 0 aliphatic rings. The van der Waals surface area contributed by atoms with E-state index in [-0.39, 0.29) is 17.2 Å². The predicted molar refractivity (Wildman–Crippen MR) is 132 cm³/mol. The summed E-state index contributed by atoms with van der Waals surface area (Å²) in [6, 6.07) is 9.82. The van der Waals surface area contributed by atoms with Crippen LogP contribution in [0.1, 0.15) is 45.6 Å². The molecule has 3 heterocycles. The third kappa shape index (κ3) is 4.59. The zero-order valence-electron chi connectivity index (χ0n) is 18.7. The van der Waals surface area contributed by atoms with E-state index in [0.717, 1.165) is 17.6 Å². The Hall–Kier alpha value is -2.65. The molecule has 0 saturated carbocycles. The molecule has 9 heteroatoms. The predicted octanol–water partition coefficient (Wildman–Crippen LogP) is 5.01. The highest BCUT2D eigenvalue weighted by Crippen LogP contribution is 2.25. The Morgan fingerprint density at radius 2 is 1.88 bits per heavy atom. The number of carbonyl (C=O) groups is 1. The number of rotatable bonds is 8. The Bertz CT molecular complexity index is 1300. The maximum Gasteiger partial charge on any atom is 0.272 e. The number of benzene rings is 1. The molecule has 0 radical (unpaired) electrons. The summed E-state index contributed by atoms with van der Waals surface area (Å²) in [5.41, 5.74) is 2.76. The molecule has 0 aliphatic heterocycles. The molecule has 1 aromatic carbocycles. The van der Waals surface area contributed by atoms with E-state index in [2.05, 4.69) is 43.2 Å². The molecule has 7 nitrogen and oxygen atoms in total. The number of aromatic nitrogens is 4. The third-order valence-corrected chi connectivity index (χ3v) is 7.13. The van der Waals surface area contributed by atoms with E-state index >= 15 is 0 Å². The van der Waals surface area contributed by atoms with Crippen LogP contribution in [-0.4, -0.2) is 30.8 Å². The van der Waals surface area contributed by atoms with Gasteiger partial charge in [-0.2, -0.15) is 0 Å². The molecule has 0 aliphatic carbocycles. The number of carbonyl (C=O) groups excluding carboxylic acids is 1. The van der Waals surface area contributed by atoms with Gasteiger partial charge in [-0.1, -0.05) is 51.6 Å². The fourth-order valence-electron chi connectivity index (χ4n) is 3.46. The smallest absolute Gasteiger partial charge is 0.272 e. The van der Waals surface area contributed by atoms with Gasteiger partial charge in [-0.15, -0.1) is 21.5 Å². The van der Waals surface area contributed by atoms with Crippen molar-refractivity contribution in [2.45, 2.75) is 51.7 Å². The van der Waals surface area contributed by atoms with Crippen LogP contribution < -0.4 is 10.9 Å². The molecule has 4 aromatic rings. The summed E-state index contributed by atoms with van der Waals surface area (Å²) in [6.45, 7) is 9.13. The Morgan fingerprint density at radius 3 is 2.56 bits per heavy atom. The van der Waals surface area contributed by atoms with E-state index in [1.165, 1.54) is 28.7 Å². The molecule has 0 fully saturated rings. The fraction of sp³-hybridized carbons (Fsp3) is 0.391. The lowest BCUT2D eigenvalue weighted by Crippen LogP contribution is -2.23. The van der Waals surface area contributed by atoms with Gasteiger partial charge in [0.15, 0.2) is 5.16 Å². The summed E-state index contributed by atoms with van der Waals surface area (Å²) >= 11 is 2.74. The number of fused-ring (bicyclic) bond motifs is 3. The lowest BCUT2D eigenvalue weighted by atomic mass is 10.0. The number of thiophene rings is 1. The van der Waals surface area contributed by atoms with Crippen molar-refractivity contribution in [1.82, 2.24) is 19.2 Å². The van der Waals surface area contributed by atoms with E-state index < -0.39 is 0 Å². The topological polar surface area (TPSA) is 81.3 Å². The Labute approximate surface area is 194 Å². The number of amides is 1. The third-order valence-electron chi connectivity index (χ3n) is 5.31. The van der Waals surface area contributed by atoms with Gasteiger partial charge in [0.2, 0.25) is 11.7 Å². The van der Waals surface area contributed by atoms with Gasteiger partial charge in [0.25, 0.3) is 5.56 Å². The molecule has 32 heavy (non-hydrogen) atoms. The Kier molecular flexibility index (Phi) is 6.66. The average molecular weight is 470 g/mol. The monoisotopic (exact) mass is 469 g/mol. The quantitative estimate of drug-likeness (QED) is 0.367. The first-order valence-electron chi connectivity index (χ1n) is 10.7. The number of hydrogen-bond acceptors (Lipinski definition) is 6. The summed E-state index contributed by atoms with van der Waals surface area (Å²) in [5.74, 6) is 1.52. The van der Waals surface area contributed by atoms with Gasteiger partial charge in [-0.25, -0.2) is 0 Å². The molecule has 168 valence electrons. The van der Waals surface area contributed by atoms with Gasteiger partial charge in [-0.3, -0.25) is 18.6 Å². The number of hydrogen-bond donors (Lipinski definition) is 1. The summed E-state index contributed by atoms with van der Waals surface area (Å²) in [6.07, 6.45) is 0.875. The number of anilines is 1. The van der Waals surface area contributed by atoms with Crippen LogP contribution in [0, 0.1) is 5.92 Å². The maximum atomic E-state index is 13.0. The normalized spacial score (nSPS) is 11.8. The summed E-state index contributed by atoms with van der Waals surface area (Å²) in [7, 11) is 0. The molecule has 0 saturated heterocycles. The van der Waals surface area contributed by atoms with E-state index in [4.69, 9.17) is 0 Å². The minimum absolute atomic E-state index is 0.0327. The number of aryl methyl sites for hydroxylation is 1. The van der Waals surface area contributed by atoms with Gasteiger partial charge in [0, 0.05) is 12.2 Å². The van der Waals surface area contributed by atoms with Crippen LogP contribution in [0.3, 0.4) is 0 Å². The standard InChI is InChI=1S/C23H27N5O2S2/c1-14(2)9-11-27-21(30)20-18(10-12-31-20)28-22(27)25-26-23(28)32-13-19(29)24-17-7-5-16(6-8-17)15(3)4/h5-8,10,12,14-15H,9,11,13H2,1-4H3,(H,24,29). The van der Waals surface area contributed by atoms with Crippen molar-refractivity contribution in [3.63, 3.8) is 0 Å². The summed E-state index contributed by atoms with van der Waals surface area (Å²) in [4.78, 5) is 25.5. The Morgan fingerprint density at radius 1 is 1.12 bits per heavy atom. The van der Waals surface area contributed by atoms with Gasteiger partial charge in [0.05, 0.1) is 11.3 Å². The first-order chi connectivity index (χ1) is 15.3.